The fraction of sp³-hybridized carbons (Fsp3) is 0.150. The zero-order valence-electron chi connectivity index (χ0n) is 13.1. The summed E-state index contributed by atoms with van der Waals surface area (Å²) in [6.07, 6.45) is 1.91. The van der Waals surface area contributed by atoms with Crippen LogP contribution in [0, 0.1) is 0 Å². The van der Waals surface area contributed by atoms with Crippen LogP contribution in [0.2, 0.25) is 0 Å². The summed E-state index contributed by atoms with van der Waals surface area (Å²) in [6.45, 7) is 4.00. The highest BCUT2D eigenvalue weighted by molar-refractivity contribution is 6.25. The fourth-order valence-corrected chi connectivity index (χ4v) is 2.89. The van der Waals surface area contributed by atoms with Gasteiger partial charge >= 0.3 is 0 Å². The second-order valence-corrected chi connectivity index (χ2v) is 4.86. The van der Waals surface area contributed by atoms with Crippen molar-refractivity contribution in [3.63, 3.8) is 0 Å². The molecule has 3 aromatic carbocycles. The standard InChI is InChI=1S/C18H13NO.C2H6/c1-20-18-10-16-14-8-4-2-6-12(14)13-7-3-5-9-15(13)17(16)11-19-18;1-2/h2-11H,1H3;1-2H3. The van der Waals surface area contributed by atoms with Crippen LogP contribution in [-0.2, 0) is 0 Å². The SMILES string of the molecule is CC.COc1cc2c3ccccc3c3ccccc3c2cn1. The Bertz CT molecular complexity index is 909. The molecule has 0 saturated heterocycles. The number of nitrogens with zero attached hydrogens (tertiary/aromatic N) is 1. The molecule has 110 valence electrons. The lowest BCUT2D eigenvalue weighted by atomic mass is 9.96. The molecule has 0 saturated carbocycles. The minimum Gasteiger partial charge on any atom is -0.481 e. The van der Waals surface area contributed by atoms with Gasteiger partial charge in [0.1, 0.15) is 0 Å². The Morgan fingerprint density at radius 3 is 1.64 bits per heavy atom. The predicted octanol–water partition coefficient (Wildman–Crippen LogP) is 5.58. The third kappa shape index (κ3) is 2.17. The van der Waals surface area contributed by atoms with Crippen LogP contribution in [0.4, 0.5) is 0 Å². The largest absolute Gasteiger partial charge is 0.481 e. The van der Waals surface area contributed by atoms with E-state index in [0.29, 0.717) is 5.88 Å². The van der Waals surface area contributed by atoms with Gasteiger partial charge in [-0.25, -0.2) is 4.98 Å². The third-order valence-corrected chi connectivity index (χ3v) is 3.81. The van der Waals surface area contributed by atoms with Crippen molar-refractivity contribution < 1.29 is 4.74 Å². The maximum Gasteiger partial charge on any atom is 0.213 e. The maximum absolute atomic E-state index is 5.27. The molecule has 0 amide bonds. The van der Waals surface area contributed by atoms with Crippen molar-refractivity contribution in [1.29, 1.82) is 0 Å². The van der Waals surface area contributed by atoms with Gasteiger partial charge in [0.25, 0.3) is 0 Å². The molecular weight excluding hydrogens is 270 g/mol. The number of methoxy groups -OCH3 is 1. The number of ether oxygens (including phenoxy) is 1. The number of rotatable bonds is 1. The molecular formula is C20H19NO. The van der Waals surface area contributed by atoms with Crippen LogP contribution in [0.25, 0.3) is 32.3 Å². The molecule has 0 unspecified atom stereocenters. The molecule has 0 aliphatic heterocycles. The van der Waals surface area contributed by atoms with Crippen molar-refractivity contribution in [2.75, 3.05) is 7.11 Å². The average molecular weight is 289 g/mol. The van der Waals surface area contributed by atoms with Gasteiger partial charge < -0.3 is 4.74 Å². The zero-order valence-corrected chi connectivity index (χ0v) is 13.1. The Morgan fingerprint density at radius 1 is 0.682 bits per heavy atom. The number of pyridine rings is 1. The molecule has 4 rings (SSSR count). The molecule has 0 radical (unpaired) electrons. The molecule has 22 heavy (non-hydrogen) atoms. The topological polar surface area (TPSA) is 22.1 Å². The highest BCUT2D eigenvalue weighted by Crippen LogP contribution is 2.35. The summed E-state index contributed by atoms with van der Waals surface area (Å²) in [4.78, 5) is 4.36. The van der Waals surface area contributed by atoms with Crippen LogP contribution in [0.3, 0.4) is 0 Å². The first-order chi connectivity index (χ1) is 10.9. The van der Waals surface area contributed by atoms with Gasteiger partial charge in [-0.1, -0.05) is 62.4 Å². The van der Waals surface area contributed by atoms with E-state index in [4.69, 9.17) is 4.74 Å². The molecule has 0 N–H and O–H groups in total. The first-order valence-electron chi connectivity index (χ1n) is 7.61. The molecule has 0 bridgehead atoms. The van der Waals surface area contributed by atoms with Gasteiger partial charge in [0.15, 0.2) is 0 Å². The van der Waals surface area contributed by atoms with Gasteiger partial charge in [0.2, 0.25) is 5.88 Å². The summed E-state index contributed by atoms with van der Waals surface area (Å²) in [5, 5.41) is 7.36. The van der Waals surface area contributed by atoms with Gasteiger partial charge in [0, 0.05) is 17.6 Å². The van der Waals surface area contributed by atoms with Gasteiger partial charge in [0.05, 0.1) is 7.11 Å². The maximum atomic E-state index is 5.27. The molecule has 2 nitrogen and oxygen atoms in total. The lowest BCUT2D eigenvalue weighted by Crippen LogP contribution is -1.89. The van der Waals surface area contributed by atoms with E-state index in [-0.39, 0.29) is 0 Å². The second-order valence-electron chi connectivity index (χ2n) is 4.86. The van der Waals surface area contributed by atoms with Crippen LogP contribution in [0.1, 0.15) is 13.8 Å². The van der Waals surface area contributed by atoms with E-state index in [2.05, 4.69) is 53.5 Å². The molecule has 2 heteroatoms. The summed E-state index contributed by atoms with van der Waals surface area (Å²) in [5.41, 5.74) is 0. The van der Waals surface area contributed by atoms with Crippen LogP contribution < -0.4 is 4.74 Å². The van der Waals surface area contributed by atoms with Crippen LogP contribution in [0.5, 0.6) is 5.88 Å². The van der Waals surface area contributed by atoms with Crippen molar-refractivity contribution in [3.05, 3.63) is 60.8 Å². The average Bonchev–Trinajstić information content (AvgIpc) is 2.63. The van der Waals surface area contributed by atoms with E-state index < -0.39 is 0 Å². The number of hydrogen-bond donors (Lipinski definition) is 0. The Kier molecular flexibility index (Phi) is 3.92. The monoisotopic (exact) mass is 289 g/mol. The molecule has 0 atom stereocenters. The van der Waals surface area contributed by atoms with E-state index >= 15 is 0 Å². The van der Waals surface area contributed by atoms with Crippen LogP contribution in [-0.4, -0.2) is 12.1 Å². The highest BCUT2D eigenvalue weighted by Gasteiger charge is 2.08. The Morgan fingerprint density at radius 2 is 1.14 bits per heavy atom. The first kappa shape index (κ1) is 14.3. The van der Waals surface area contributed by atoms with Crippen molar-refractivity contribution in [2.45, 2.75) is 13.8 Å². The number of fused-ring (bicyclic) bond motifs is 6. The zero-order chi connectivity index (χ0) is 15.5. The minimum absolute atomic E-state index is 0.651. The molecule has 0 aliphatic rings. The minimum atomic E-state index is 0.651. The number of aromatic nitrogens is 1. The number of benzene rings is 3. The van der Waals surface area contributed by atoms with Gasteiger partial charge in [-0.05, 0) is 26.9 Å². The van der Waals surface area contributed by atoms with E-state index in [1.165, 1.54) is 32.3 Å². The summed E-state index contributed by atoms with van der Waals surface area (Å²) in [6, 6.07) is 19.0. The van der Waals surface area contributed by atoms with E-state index in [0.717, 1.165) is 0 Å². The lowest BCUT2D eigenvalue weighted by Gasteiger charge is -2.10. The van der Waals surface area contributed by atoms with Crippen molar-refractivity contribution in [1.82, 2.24) is 4.98 Å². The Hall–Kier alpha value is -2.61. The molecule has 0 spiro atoms. The second kappa shape index (κ2) is 6.02. The third-order valence-electron chi connectivity index (χ3n) is 3.81. The van der Waals surface area contributed by atoms with E-state index in [1.54, 1.807) is 7.11 Å². The normalized spacial score (nSPS) is 10.5. The summed E-state index contributed by atoms with van der Waals surface area (Å²) in [5.74, 6) is 0.651. The first-order valence-corrected chi connectivity index (χ1v) is 7.61. The van der Waals surface area contributed by atoms with Gasteiger partial charge in [-0.3, -0.25) is 0 Å². The van der Waals surface area contributed by atoms with Crippen LogP contribution >= 0.6 is 0 Å². The summed E-state index contributed by atoms with van der Waals surface area (Å²) in [7, 11) is 1.65. The van der Waals surface area contributed by atoms with Crippen LogP contribution in [0.15, 0.2) is 60.8 Å². The lowest BCUT2D eigenvalue weighted by molar-refractivity contribution is 0.399. The van der Waals surface area contributed by atoms with Crippen molar-refractivity contribution in [3.8, 4) is 5.88 Å². The fourth-order valence-electron chi connectivity index (χ4n) is 2.89. The van der Waals surface area contributed by atoms with Crippen molar-refractivity contribution >= 4 is 32.3 Å². The quantitative estimate of drug-likeness (QED) is 0.427. The summed E-state index contributed by atoms with van der Waals surface area (Å²) >= 11 is 0. The molecule has 4 aromatic rings. The smallest absolute Gasteiger partial charge is 0.213 e. The van der Waals surface area contributed by atoms with E-state index in [9.17, 15) is 0 Å². The summed E-state index contributed by atoms with van der Waals surface area (Å²) < 4.78 is 5.27. The van der Waals surface area contributed by atoms with Crippen molar-refractivity contribution in [2.24, 2.45) is 0 Å². The molecule has 0 aliphatic carbocycles. The Balaban J connectivity index is 0.000000693. The highest BCUT2D eigenvalue weighted by atomic mass is 16.5. The number of hydrogen-bond acceptors (Lipinski definition) is 2. The molecule has 1 aromatic heterocycles. The predicted molar refractivity (Wildman–Crippen MR) is 94.7 cm³/mol. The van der Waals surface area contributed by atoms with Gasteiger partial charge in [-0.15, -0.1) is 0 Å². The molecule has 1 heterocycles. The Labute approximate surface area is 130 Å². The van der Waals surface area contributed by atoms with Gasteiger partial charge in [-0.2, -0.15) is 0 Å². The molecule has 0 fully saturated rings. The van der Waals surface area contributed by atoms with E-state index in [1.807, 2.05) is 26.1 Å².